The number of benzene rings is 1. The van der Waals surface area contributed by atoms with Crippen LogP contribution in [-0.4, -0.2) is 30.7 Å². The number of methoxy groups -OCH3 is 1. The van der Waals surface area contributed by atoms with Crippen LogP contribution in [0.15, 0.2) is 30.0 Å². The molecule has 1 aliphatic heterocycles. The standard InChI is InChI=1S/C17H20N2O6/c1-5-14(20)19-12-7-6-10(8-13(12)23-4)18-9-11-15(21)24-17(2,3)25-16(11)22/h6-9,18H,5H2,1-4H3,(H,19,20). The van der Waals surface area contributed by atoms with Crippen LogP contribution in [0.4, 0.5) is 11.4 Å². The number of amides is 1. The van der Waals surface area contributed by atoms with E-state index in [1.54, 1.807) is 25.1 Å². The van der Waals surface area contributed by atoms with Gasteiger partial charge in [0.05, 0.1) is 12.8 Å². The fourth-order valence-electron chi connectivity index (χ4n) is 2.06. The topological polar surface area (TPSA) is 103 Å². The van der Waals surface area contributed by atoms with Crippen molar-refractivity contribution in [3.8, 4) is 5.75 Å². The Morgan fingerprint density at radius 2 is 1.88 bits per heavy atom. The number of nitrogens with one attached hydrogen (secondary N) is 2. The Kier molecular flexibility index (Phi) is 5.31. The van der Waals surface area contributed by atoms with Gasteiger partial charge in [-0.15, -0.1) is 0 Å². The van der Waals surface area contributed by atoms with Crippen molar-refractivity contribution >= 4 is 29.2 Å². The minimum atomic E-state index is -1.28. The lowest BCUT2D eigenvalue weighted by Gasteiger charge is -2.29. The van der Waals surface area contributed by atoms with Gasteiger partial charge in [-0.2, -0.15) is 0 Å². The summed E-state index contributed by atoms with van der Waals surface area (Å²) in [5, 5.41) is 5.53. The van der Waals surface area contributed by atoms with Gasteiger partial charge in [0.25, 0.3) is 5.79 Å². The molecule has 1 aromatic rings. The first-order valence-electron chi connectivity index (χ1n) is 7.67. The van der Waals surface area contributed by atoms with Crippen LogP contribution in [0.2, 0.25) is 0 Å². The van der Waals surface area contributed by atoms with Gasteiger partial charge in [-0.25, -0.2) is 9.59 Å². The zero-order chi connectivity index (χ0) is 18.6. The van der Waals surface area contributed by atoms with Crippen molar-refractivity contribution in [3.05, 3.63) is 30.0 Å². The number of hydrogen-bond donors (Lipinski definition) is 2. The van der Waals surface area contributed by atoms with Crippen molar-refractivity contribution in [1.82, 2.24) is 0 Å². The van der Waals surface area contributed by atoms with Crippen LogP contribution < -0.4 is 15.4 Å². The first-order valence-corrected chi connectivity index (χ1v) is 7.67. The minimum absolute atomic E-state index is 0.142. The van der Waals surface area contributed by atoms with E-state index in [2.05, 4.69) is 10.6 Å². The molecule has 1 aliphatic rings. The lowest BCUT2D eigenvalue weighted by molar-refractivity contribution is -0.222. The molecule has 1 saturated heterocycles. The maximum absolute atomic E-state index is 11.9. The van der Waals surface area contributed by atoms with Gasteiger partial charge in [0.2, 0.25) is 5.91 Å². The van der Waals surface area contributed by atoms with Crippen LogP contribution in [0.5, 0.6) is 5.75 Å². The molecule has 2 rings (SSSR count). The first-order chi connectivity index (χ1) is 11.8. The van der Waals surface area contributed by atoms with E-state index in [4.69, 9.17) is 14.2 Å². The van der Waals surface area contributed by atoms with E-state index < -0.39 is 17.7 Å². The Morgan fingerprint density at radius 1 is 1.24 bits per heavy atom. The molecule has 0 unspecified atom stereocenters. The third-order valence-electron chi connectivity index (χ3n) is 3.30. The van der Waals surface area contributed by atoms with Crippen LogP contribution in [0.25, 0.3) is 0 Å². The molecule has 1 aromatic carbocycles. The summed E-state index contributed by atoms with van der Waals surface area (Å²) < 4.78 is 15.2. The number of ether oxygens (including phenoxy) is 3. The monoisotopic (exact) mass is 348 g/mol. The molecule has 1 amide bonds. The highest BCUT2D eigenvalue weighted by Gasteiger charge is 2.38. The molecule has 2 N–H and O–H groups in total. The molecule has 0 aliphatic carbocycles. The van der Waals surface area contributed by atoms with E-state index in [1.807, 2.05) is 0 Å². The second-order valence-corrected chi connectivity index (χ2v) is 5.70. The van der Waals surface area contributed by atoms with E-state index in [-0.39, 0.29) is 11.5 Å². The Hall–Kier alpha value is -3.03. The van der Waals surface area contributed by atoms with Crippen LogP contribution in [0.3, 0.4) is 0 Å². The zero-order valence-electron chi connectivity index (χ0n) is 14.5. The summed E-state index contributed by atoms with van der Waals surface area (Å²) >= 11 is 0. The highest BCUT2D eigenvalue weighted by atomic mass is 16.7. The van der Waals surface area contributed by atoms with Gasteiger partial charge in [0.15, 0.2) is 5.57 Å². The molecule has 0 spiro atoms. The summed E-state index contributed by atoms with van der Waals surface area (Å²) in [5.41, 5.74) is 0.816. The van der Waals surface area contributed by atoms with Gasteiger partial charge >= 0.3 is 11.9 Å². The summed E-state index contributed by atoms with van der Waals surface area (Å²) in [4.78, 5) is 35.2. The van der Waals surface area contributed by atoms with Gasteiger partial charge in [0, 0.05) is 38.2 Å². The highest BCUT2D eigenvalue weighted by Crippen LogP contribution is 2.29. The van der Waals surface area contributed by atoms with Gasteiger partial charge in [-0.3, -0.25) is 4.79 Å². The predicted octanol–water partition coefficient (Wildman–Crippen LogP) is 2.18. The van der Waals surface area contributed by atoms with Gasteiger partial charge < -0.3 is 24.8 Å². The predicted molar refractivity (Wildman–Crippen MR) is 89.9 cm³/mol. The smallest absolute Gasteiger partial charge is 0.350 e. The second-order valence-electron chi connectivity index (χ2n) is 5.70. The van der Waals surface area contributed by atoms with E-state index >= 15 is 0 Å². The van der Waals surface area contributed by atoms with Gasteiger partial charge in [0.1, 0.15) is 5.75 Å². The number of carbonyl (C=O) groups is 3. The largest absolute Gasteiger partial charge is 0.494 e. The molecule has 134 valence electrons. The van der Waals surface area contributed by atoms with Crippen molar-refractivity contribution in [2.75, 3.05) is 17.7 Å². The molecule has 0 atom stereocenters. The molecule has 0 saturated carbocycles. The maximum atomic E-state index is 11.9. The van der Waals surface area contributed by atoms with E-state index in [0.29, 0.717) is 23.5 Å². The Bertz CT molecular complexity index is 717. The summed E-state index contributed by atoms with van der Waals surface area (Å²) in [6.45, 7) is 4.69. The van der Waals surface area contributed by atoms with Gasteiger partial charge in [-0.1, -0.05) is 6.92 Å². The van der Waals surface area contributed by atoms with Crippen LogP contribution in [0.1, 0.15) is 27.2 Å². The number of carbonyl (C=O) groups excluding carboxylic acids is 3. The summed E-state index contributed by atoms with van der Waals surface area (Å²) in [6.07, 6.45) is 1.55. The maximum Gasteiger partial charge on any atom is 0.350 e. The Morgan fingerprint density at radius 3 is 2.44 bits per heavy atom. The Labute approximate surface area is 145 Å². The Balaban J connectivity index is 2.16. The molecule has 8 nitrogen and oxygen atoms in total. The molecule has 8 heteroatoms. The van der Waals surface area contributed by atoms with E-state index in [1.165, 1.54) is 27.2 Å². The van der Waals surface area contributed by atoms with Crippen LogP contribution in [0, 0.1) is 0 Å². The molecular formula is C17H20N2O6. The fraction of sp³-hybridized carbons (Fsp3) is 0.353. The number of anilines is 2. The highest BCUT2D eigenvalue weighted by molar-refractivity contribution is 6.15. The fourth-order valence-corrected chi connectivity index (χ4v) is 2.06. The molecule has 0 radical (unpaired) electrons. The van der Waals surface area contributed by atoms with E-state index in [9.17, 15) is 14.4 Å². The van der Waals surface area contributed by atoms with Crippen molar-refractivity contribution in [3.63, 3.8) is 0 Å². The molecule has 25 heavy (non-hydrogen) atoms. The van der Waals surface area contributed by atoms with E-state index in [0.717, 1.165) is 0 Å². The summed E-state index contributed by atoms with van der Waals surface area (Å²) in [5.74, 6) is -2.54. The lowest BCUT2D eigenvalue weighted by Crippen LogP contribution is -2.42. The first kappa shape index (κ1) is 18.3. The molecule has 1 fully saturated rings. The zero-order valence-corrected chi connectivity index (χ0v) is 14.5. The average molecular weight is 348 g/mol. The third kappa shape index (κ3) is 4.50. The molecular weight excluding hydrogens is 328 g/mol. The number of cyclic esters (lactones) is 2. The summed E-state index contributed by atoms with van der Waals surface area (Å²) in [7, 11) is 1.47. The number of esters is 2. The molecule has 0 bridgehead atoms. The second kappa shape index (κ2) is 7.25. The minimum Gasteiger partial charge on any atom is -0.494 e. The van der Waals surface area contributed by atoms with Crippen LogP contribution >= 0.6 is 0 Å². The average Bonchev–Trinajstić information content (AvgIpc) is 2.53. The normalized spacial score (nSPS) is 15.8. The summed E-state index contributed by atoms with van der Waals surface area (Å²) in [6, 6.07) is 4.92. The lowest BCUT2D eigenvalue weighted by atomic mass is 10.2. The molecule has 0 aromatic heterocycles. The molecule has 1 heterocycles. The van der Waals surface area contributed by atoms with Gasteiger partial charge in [-0.05, 0) is 12.1 Å². The van der Waals surface area contributed by atoms with Crippen molar-refractivity contribution in [2.24, 2.45) is 0 Å². The number of rotatable bonds is 5. The number of hydrogen-bond acceptors (Lipinski definition) is 7. The quantitative estimate of drug-likeness (QED) is 0.477. The SMILES string of the molecule is CCC(=O)Nc1ccc(NC=C2C(=O)OC(C)(C)OC2=O)cc1OC. The van der Waals surface area contributed by atoms with Crippen molar-refractivity contribution < 1.29 is 28.6 Å². The van der Waals surface area contributed by atoms with Crippen molar-refractivity contribution in [2.45, 2.75) is 33.0 Å². The van der Waals surface area contributed by atoms with Crippen LogP contribution in [-0.2, 0) is 23.9 Å². The van der Waals surface area contributed by atoms with Crippen molar-refractivity contribution in [1.29, 1.82) is 0 Å². The third-order valence-corrected chi connectivity index (χ3v) is 3.30.